The van der Waals surface area contributed by atoms with Gasteiger partial charge < -0.3 is 4.90 Å². The summed E-state index contributed by atoms with van der Waals surface area (Å²) in [6.07, 6.45) is 6.96. The minimum Gasteiger partial charge on any atom is -0.326 e. The maximum Gasteiger partial charge on any atom is 0.241 e. The summed E-state index contributed by atoms with van der Waals surface area (Å²) in [5, 5.41) is 3.53. The van der Waals surface area contributed by atoms with Crippen LogP contribution in [0.3, 0.4) is 0 Å². The Morgan fingerprint density at radius 1 is 1.32 bits per heavy atom. The number of hydrogen-bond acceptors (Lipinski definition) is 2. The monoisotopic (exact) mass is 264 g/mol. The quantitative estimate of drug-likeness (QED) is 0.846. The molecule has 1 aliphatic heterocycles. The number of nitrogens with zero attached hydrogens (tertiary/aromatic N) is 1. The maximum absolute atomic E-state index is 12.6. The van der Waals surface area contributed by atoms with Gasteiger partial charge in [0.2, 0.25) is 5.91 Å². The highest BCUT2D eigenvalue weighted by molar-refractivity contribution is 5.84. The van der Waals surface area contributed by atoms with Crippen molar-refractivity contribution in [3.8, 4) is 0 Å². The largest absolute Gasteiger partial charge is 0.326 e. The topological polar surface area (TPSA) is 32.3 Å². The molecular formula is C16H28N2O. The Balaban J connectivity index is 1.67. The Morgan fingerprint density at radius 3 is 2.63 bits per heavy atom. The van der Waals surface area contributed by atoms with E-state index in [1.807, 2.05) is 0 Å². The molecule has 1 N–H and O–H groups in total. The molecule has 2 aliphatic carbocycles. The number of carbonyl (C=O) groups excluding carboxylic acids is 1. The van der Waals surface area contributed by atoms with Crippen LogP contribution in [0, 0.1) is 23.7 Å². The number of rotatable bonds is 4. The van der Waals surface area contributed by atoms with Crippen molar-refractivity contribution >= 4 is 5.91 Å². The minimum absolute atomic E-state index is 0.0449. The lowest BCUT2D eigenvalue weighted by atomic mass is 9.88. The molecule has 3 aliphatic rings. The third kappa shape index (κ3) is 2.31. The van der Waals surface area contributed by atoms with Crippen LogP contribution in [0.1, 0.15) is 52.9 Å². The van der Waals surface area contributed by atoms with Crippen molar-refractivity contribution < 1.29 is 4.79 Å². The molecule has 19 heavy (non-hydrogen) atoms. The third-order valence-electron chi connectivity index (χ3n) is 5.67. The fraction of sp³-hybridized carbons (Fsp3) is 0.938. The SMILES string of the molecule is CCC1NC(C(C)C)C(=O)N1CC1CC2CCC1C2. The lowest BCUT2D eigenvalue weighted by Crippen LogP contribution is -2.41. The van der Waals surface area contributed by atoms with E-state index < -0.39 is 0 Å². The highest BCUT2D eigenvalue weighted by Crippen LogP contribution is 2.48. The Kier molecular flexibility index (Phi) is 3.59. The normalized spacial score (nSPS) is 41.8. The summed E-state index contributed by atoms with van der Waals surface area (Å²) in [6.45, 7) is 7.48. The highest BCUT2D eigenvalue weighted by atomic mass is 16.2. The average Bonchev–Trinajstić information content (AvgIpc) is 3.05. The summed E-state index contributed by atoms with van der Waals surface area (Å²) in [5.41, 5.74) is 0. The summed E-state index contributed by atoms with van der Waals surface area (Å²) >= 11 is 0. The Labute approximate surface area is 117 Å². The second-order valence-electron chi connectivity index (χ2n) is 7.24. The lowest BCUT2D eigenvalue weighted by Gasteiger charge is -2.30. The van der Waals surface area contributed by atoms with E-state index in [0.29, 0.717) is 11.8 Å². The van der Waals surface area contributed by atoms with Crippen LogP contribution in [0.2, 0.25) is 0 Å². The van der Waals surface area contributed by atoms with Gasteiger partial charge in [0.15, 0.2) is 0 Å². The molecular weight excluding hydrogens is 236 g/mol. The molecule has 2 saturated carbocycles. The minimum atomic E-state index is 0.0449. The Hall–Kier alpha value is -0.570. The van der Waals surface area contributed by atoms with Gasteiger partial charge in [0, 0.05) is 6.54 Å². The van der Waals surface area contributed by atoms with Crippen molar-refractivity contribution in [1.29, 1.82) is 0 Å². The van der Waals surface area contributed by atoms with Crippen LogP contribution in [-0.2, 0) is 4.79 Å². The van der Waals surface area contributed by atoms with Crippen LogP contribution in [0.15, 0.2) is 0 Å². The molecule has 3 nitrogen and oxygen atoms in total. The van der Waals surface area contributed by atoms with E-state index in [1.54, 1.807) is 0 Å². The van der Waals surface area contributed by atoms with E-state index in [0.717, 1.165) is 30.7 Å². The number of hydrogen-bond donors (Lipinski definition) is 1. The molecule has 0 radical (unpaired) electrons. The van der Waals surface area contributed by atoms with Crippen LogP contribution >= 0.6 is 0 Å². The van der Waals surface area contributed by atoms with Gasteiger partial charge in [-0.1, -0.05) is 27.2 Å². The standard InChI is InChI=1S/C16H28N2O/c1-4-14-17-15(10(2)3)16(19)18(14)9-13-8-11-5-6-12(13)7-11/h10-15,17H,4-9H2,1-3H3. The third-order valence-corrected chi connectivity index (χ3v) is 5.67. The van der Waals surface area contributed by atoms with Gasteiger partial charge >= 0.3 is 0 Å². The number of carbonyl (C=O) groups is 1. The first-order valence-electron chi connectivity index (χ1n) is 8.16. The second kappa shape index (κ2) is 5.08. The number of fused-ring (bicyclic) bond motifs is 2. The van der Waals surface area contributed by atoms with E-state index >= 15 is 0 Å². The van der Waals surface area contributed by atoms with Gasteiger partial charge in [-0.15, -0.1) is 0 Å². The number of amides is 1. The van der Waals surface area contributed by atoms with Gasteiger partial charge in [-0.3, -0.25) is 10.1 Å². The molecule has 3 heteroatoms. The molecule has 0 aromatic carbocycles. The van der Waals surface area contributed by atoms with Gasteiger partial charge in [0.05, 0.1) is 12.2 Å². The lowest BCUT2D eigenvalue weighted by molar-refractivity contribution is -0.131. The predicted molar refractivity (Wildman–Crippen MR) is 76.5 cm³/mol. The molecule has 2 bridgehead atoms. The molecule has 0 spiro atoms. The molecule has 1 saturated heterocycles. The van der Waals surface area contributed by atoms with Crippen molar-refractivity contribution in [2.24, 2.45) is 23.7 Å². The zero-order valence-corrected chi connectivity index (χ0v) is 12.6. The molecule has 3 rings (SSSR count). The summed E-state index contributed by atoms with van der Waals surface area (Å²) < 4.78 is 0. The van der Waals surface area contributed by atoms with E-state index in [2.05, 4.69) is 31.0 Å². The zero-order valence-electron chi connectivity index (χ0n) is 12.6. The summed E-state index contributed by atoms with van der Waals surface area (Å²) in [6, 6.07) is 0.0449. The molecule has 0 aromatic heterocycles. The van der Waals surface area contributed by atoms with Crippen molar-refractivity contribution in [3.05, 3.63) is 0 Å². The smallest absolute Gasteiger partial charge is 0.241 e. The van der Waals surface area contributed by atoms with Gasteiger partial charge in [-0.2, -0.15) is 0 Å². The van der Waals surface area contributed by atoms with Crippen LogP contribution in [-0.4, -0.2) is 29.6 Å². The van der Waals surface area contributed by atoms with Crippen LogP contribution < -0.4 is 5.32 Å². The van der Waals surface area contributed by atoms with Crippen LogP contribution in [0.4, 0.5) is 0 Å². The Bertz CT molecular complexity index is 355. The second-order valence-corrected chi connectivity index (χ2v) is 7.24. The average molecular weight is 264 g/mol. The van der Waals surface area contributed by atoms with Crippen molar-refractivity contribution in [1.82, 2.24) is 10.2 Å². The first-order chi connectivity index (χ1) is 9.10. The van der Waals surface area contributed by atoms with Gasteiger partial charge in [0.25, 0.3) is 0 Å². The molecule has 0 aromatic rings. The highest BCUT2D eigenvalue weighted by Gasteiger charge is 2.45. The van der Waals surface area contributed by atoms with E-state index in [9.17, 15) is 4.79 Å². The first kappa shape index (κ1) is 13.4. The van der Waals surface area contributed by atoms with Crippen LogP contribution in [0.25, 0.3) is 0 Å². The van der Waals surface area contributed by atoms with Crippen molar-refractivity contribution in [2.45, 2.75) is 65.1 Å². The van der Waals surface area contributed by atoms with E-state index in [4.69, 9.17) is 0 Å². The van der Waals surface area contributed by atoms with Crippen LogP contribution in [0.5, 0.6) is 0 Å². The number of nitrogens with one attached hydrogen (secondary N) is 1. The first-order valence-corrected chi connectivity index (χ1v) is 8.16. The summed E-state index contributed by atoms with van der Waals surface area (Å²) in [5.74, 6) is 3.41. The zero-order chi connectivity index (χ0) is 13.6. The summed E-state index contributed by atoms with van der Waals surface area (Å²) in [7, 11) is 0. The molecule has 1 heterocycles. The van der Waals surface area contributed by atoms with E-state index in [1.165, 1.54) is 25.7 Å². The van der Waals surface area contributed by atoms with Gasteiger partial charge in [-0.25, -0.2) is 0 Å². The molecule has 5 atom stereocenters. The fourth-order valence-electron chi connectivity index (χ4n) is 4.59. The van der Waals surface area contributed by atoms with Crippen molar-refractivity contribution in [3.63, 3.8) is 0 Å². The molecule has 5 unspecified atom stereocenters. The van der Waals surface area contributed by atoms with Crippen molar-refractivity contribution in [2.75, 3.05) is 6.54 Å². The van der Waals surface area contributed by atoms with Gasteiger partial charge in [0.1, 0.15) is 0 Å². The maximum atomic E-state index is 12.6. The van der Waals surface area contributed by atoms with Gasteiger partial charge in [-0.05, 0) is 49.4 Å². The van der Waals surface area contributed by atoms with E-state index in [-0.39, 0.29) is 12.2 Å². The molecule has 1 amide bonds. The Morgan fingerprint density at radius 2 is 2.11 bits per heavy atom. The fourth-order valence-corrected chi connectivity index (χ4v) is 4.59. The summed E-state index contributed by atoms with van der Waals surface area (Å²) in [4.78, 5) is 14.7. The predicted octanol–water partition coefficient (Wildman–Crippen LogP) is 2.62. The molecule has 3 fully saturated rings. The molecule has 108 valence electrons.